The molecular weight excluding hydrogens is 256 g/mol. The van der Waals surface area contributed by atoms with Crippen LogP contribution in [0.1, 0.15) is 32.3 Å². The standard InChI is InChI=1S/C16H20O4/c1-16(2)9-11-5-4-6-12(13(11)20-16)19-14(10-7-8-10)15(17)18-3/h4-6,10,14H,7-9H2,1-3H3. The van der Waals surface area contributed by atoms with Gasteiger partial charge < -0.3 is 14.2 Å². The van der Waals surface area contributed by atoms with E-state index in [9.17, 15) is 4.79 Å². The Hall–Kier alpha value is -1.71. The molecule has 4 heteroatoms. The first-order chi connectivity index (χ1) is 9.50. The predicted molar refractivity (Wildman–Crippen MR) is 74.0 cm³/mol. The number of rotatable bonds is 4. The lowest BCUT2D eigenvalue weighted by Gasteiger charge is -2.20. The van der Waals surface area contributed by atoms with Crippen molar-refractivity contribution in [3.8, 4) is 11.5 Å². The van der Waals surface area contributed by atoms with Gasteiger partial charge >= 0.3 is 5.97 Å². The number of esters is 1. The van der Waals surface area contributed by atoms with Crippen LogP contribution in [0.2, 0.25) is 0 Å². The zero-order valence-electron chi connectivity index (χ0n) is 12.1. The topological polar surface area (TPSA) is 44.8 Å². The number of benzene rings is 1. The maximum Gasteiger partial charge on any atom is 0.347 e. The number of carbonyl (C=O) groups excluding carboxylic acids is 1. The summed E-state index contributed by atoms with van der Waals surface area (Å²) in [5, 5.41) is 0. The van der Waals surface area contributed by atoms with Gasteiger partial charge in [-0.15, -0.1) is 0 Å². The van der Waals surface area contributed by atoms with Gasteiger partial charge in [-0.3, -0.25) is 0 Å². The lowest BCUT2D eigenvalue weighted by atomic mass is 10.0. The largest absolute Gasteiger partial charge is 0.483 e. The third-order valence-electron chi connectivity index (χ3n) is 3.79. The summed E-state index contributed by atoms with van der Waals surface area (Å²) >= 11 is 0. The molecule has 0 aromatic heterocycles. The molecule has 1 aliphatic heterocycles. The van der Waals surface area contributed by atoms with Crippen molar-refractivity contribution >= 4 is 5.97 Å². The highest BCUT2D eigenvalue weighted by molar-refractivity contribution is 5.76. The first-order valence-corrected chi connectivity index (χ1v) is 7.05. The second-order valence-corrected chi connectivity index (χ2v) is 6.18. The lowest BCUT2D eigenvalue weighted by molar-refractivity contribution is -0.149. The zero-order chi connectivity index (χ0) is 14.3. The second kappa shape index (κ2) is 4.69. The van der Waals surface area contributed by atoms with Crippen LogP contribution in [-0.2, 0) is 16.0 Å². The van der Waals surface area contributed by atoms with E-state index in [1.807, 2.05) is 18.2 Å². The minimum Gasteiger partial charge on any atom is -0.483 e. The Balaban J connectivity index is 1.85. The molecule has 1 saturated carbocycles. The smallest absolute Gasteiger partial charge is 0.347 e. The molecule has 0 radical (unpaired) electrons. The van der Waals surface area contributed by atoms with Gasteiger partial charge in [0, 0.05) is 17.9 Å². The van der Waals surface area contributed by atoms with Crippen molar-refractivity contribution in [3.05, 3.63) is 23.8 Å². The third kappa shape index (κ3) is 2.47. The molecule has 1 aromatic rings. The summed E-state index contributed by atoms with van der Waals surface area (Å²) in [6.45, 7) is 4.10. The van der Waals surface area contributed by atoms with Gasteiger partial charge in [0.1, 0.15) is 5.60 Å². The van der Waals surface area contributed by atoms with Crippen LogP contribution < -0.4 is 9.47 Å². The maximum atomic E-state index is 11.8. The minimum absolute atomic E-state index is 0.220. The molecule has 1 aromatic carbocycles. The molecule has 1 atom stereocenters. The first kappa shape index (κ1) is 13.3. The predicted octanol–water partition coefficient (Wildman–Crippen LogP) is 2.73. The summed E-state index contributed by atoms with van der Waals surface area (Å²) in [6, 6.07) is 5.85. The summed E-state index contributed by atoms with van der Waals surface area (Å²) < 4.78 is 16.7. The van der Waals surface area contributed by atoms with Crippen molar-refractivity contribution in [1.29, 1.82) is 0 Å². The van der Waals surface area contributed by atoms with Gasteiger partial charge in [-0.1, -0.05) is 12.1 Å². The number of hydrogen-bond donors (Lipinski definition) is 0. The summed E-state index contributed by atoms with van der Waals surface area (Å²) in [7, 11) is 1.40. The molecule has 20 heavy (non-hydrogen) atoms. The summed E-state index contributed by atoms with van der Waals surface area (Å²) in [5.74, 6) is 1.39. The number of hydrogen-bond acceptors (Lipinski definition) is 4. The highest BCUT2D eigenvalue weighted by Gasteiger charge is 2.40. The van der Waals surface area contributed by atoms with Gasteiger partial charge in [0.2, 0.25) is 0 Å². The average molecular weight is 276 g/mol. The third-order valence-corrected chi connectivity index (χ3v) is 3.79. The molecule has 0 bridgehead atoms. The van der Waals surface area contributed by atoms with E-state index in [1.54, 1.807) is 0 Å². The van der Waals surface area contributed by atoms with Crippen LogP contribution in [0.3, 0.4) is 0 Å². The second-order valence-electron chi connectivity index (χ2n) is 6.18. The van der Waals surface area contributed by atoms with E-state index in [0.717, 1.165) is 30.6 Å². The first-order valence-electron chi connectivity index (χ1n) is 7.05. The van der Waals surface area contributed by atoms with E-state index in [2.05, 4.69) is 13.8 Å². The Labute approximate surface area is 119 Å². The molecule has 0 N–H and O–H groups in total. The molecule has 2 aliphatic rings. The van der Waals surface area contributed by atoms with Crippen molar-refractivity contribution in [2.24, 2.45) is 5.92 Å². The normalized spacial score (nSPS) is 20.8. The van der Waals surface area contributed by atoms with Crippen molar-refractivity contribution in [3.63, 3.8) is 0 Å². The molecule has 1 unspecified atom stereocenters. The number of para-hydroxylation sites is 1. The fourth-order valence-corrected chi connectivity index (χ4v) is 2.67. The van der Waals surface area contributed by atoms with Crippen LogP contribution in [0, 0.1) is 5.92 Å². The van der Waals surface area contributed by atoms with Crippen LogP contribution in [-0.4, -0.2) is 24.8 Å². The molecule has 1 heterocycles. The van der Waals surface area contributed by atoms with Crippen molar-refractivity contribution < 1.29 is 19.0 Å². The number of methoxy groups -OCH3 is 1. The van der Waals surface area contributed by atoms with E-state index in [-0.39, 0.29) is 17.5 Å². The summed E-state index contributed by atoms with van der Waals surface area (Å²) in [4.78, 5) is 11.8. The van der Waals surface area contributed by atoms with Gasteiger partial charge in [-0.25, -0.2) is 4.79 Å². The monoisotopic (exact) mass is 276 g/mol. The number of carbonyl (C=O) groups is 1. The van der Waals surface area contributed by atoms with Gasteiger partial charge in [-0.05, 0) is 32.8 Å². The Morgan fingerprint density at radius 1 is 1.40 bits per heavy atom. The Morgan fingerprint density at radius 3 is 2.80 bits per heavy atom. The fourth-order valence-electron chi connectivity index (χ4n) is 2.67. The Kier molecular flexibility index (Phi) is 3.11. The fraction of sp³-hybridized carbons (Fsp3) is 0.562. The lowest BCUT2D eigenvalue weighted by Crippen LogP contribution is -2.31. The number of fused-ring (bicyclic) bond motifs is 1. The molecule has 1 aliphatic carbocycles. The van der Waals surface area contributed by atoms with Gasteiger partial charge in [0.15, 0.2) is 17.6 Å². The van der Waals surface area contributed by atoms with E-state index >= 15 is 0 Å². The molecule has 3 rings (SSSR count). The highest BCUT2D eigenvalue weighted by atomic mass is 16.6. The van der Waals surface area contributed by atoms with Crippen molar-refractivity contribution in [2.75, 3.05) is 7.11 Å². The van der Waals surface area contributed by atoms with Gasteiger partial charge in [-0.2, -0.15) is 0 Å². The maximum absolute atomic E-state index is 11.8. The number of ether oxygens (including phenoxy) is 3. The molecule has 0 saturated heterocycles. The highest BCUT2D eigenvalue weighted by Crippen LogP contribution is 2.44. The summed E-state index contributed by atoms with van der Waals surface area (Å²) in [6.07, 6.45) is 2.37. The van der Waals surface area contributed by atoms with E-state index in [1.165, 1.54) is 7.11 Å². The quantitative estimate of drug-likeness (QED) is 0.793. The zero-order valence-corrected chi connectivity index (χ0v) is 12.1. The van der Waals surface area contributed by atoms with Crippen LogP contribution in [0.25, 0.3) is 0 Å². The van der Waals surface area contributed by atoms with Crippen molar-refractivity contribution in [1.82, 2.24) is 0 Å². The van der Waals surface area contributed by atoms with Gasteiger partial charge in [0.25, 0.3) is 0 Å². The molecule has 0 amide bonds. The van der Waals surface area contributed by atoms with Crippen LogP contribution in [0.15, 0.2) is 18.2 Å². The Morgan fingerprint density at radius 2 is 2.15 bits per heavy atom. The van der Waals surface area contributed by atoms with Crippen LogP contribution >= 0.6 is 0 Å². The molecule has 4 nitrogen and oxygen atoms in total. The van der Waals surface area contributed by atoms with E-state index < -0.39 is 6.10 Å². The molecule has 0 spiro atoms. The van der Waals surface area contributed by atoms with Gasteiger partial charge in [0.05, 0.1) is 7.11 Å². The molecule has 1 fully saturated rings. The average Bonchev–Trinajstić information content (AvgIpc) is 3.17. The van der Waals surface area contributed by atoms with Crippen LogP contribution in [0.4, 0.5) is 0 Å². The Bertz CT molecular complexity index is 531. The SMILES string of the molecule is COC(=O)C(Oc1cccc2c1OC(C)(C)C2)C1CC1. The minimum atomic E-state index is -0.515. The summed E-state index contributed by atoms with van der Waals surface area (Å²) in [5.41, 5.74) is 0.911. The van der Waals surface area contributed by atoms with E-state index in [0.29, 0.717) is 5.75 Å². The molecular formula is C16H20O4. The van der Waals surface area contributed by atoms with Crippen molar-refractivity contribution in [2.45, 2.75) is 44.8 Å². The molecule has 108 valence electrons. The van der Waals surface area contributed by atoms with E-state index in [4.69, 9.17) is 14.2 Å². The van der Waals surface area contributed by atoms with Crippen LogP contribution in [0.5, 0.6) is 11.5 Å².